The quantitative estimate of drug-likeness (QED) is 0.129. The molecule has 1 atom stereocenters. The van der Waals surface area contributed by atoms with Gasteiger partial charge in [0, 0.05) is 17.7 Å². The van der Waals surface area contributed by atoms with Crippen molar-refractivity contribution in [2.75, 3.05) is 10.0 Å². The molecular weight excluding hydrogens is 589 g/mol. The Kier molecular flexibility index (Phi) is 8.51. The molecule has 0 aliphatic heterocycles. The number of benzene rings is 3. The van der Waals surface area contributed by atoms with Crippen LogP contribution < -0.4 is 10.0 Å². The number of esters is 1. The van der Waals surface area contributed by atoms with Crippen LogP contribution in [0.5, 0.6) is 0 Å². The first-order valence-corrected chi connectivity index (χ1v) is 14.0. The van der Waals surface area contributed by atoms with Gasteiger partial charge in [0.05, 0.1) is 31.2 Å². The third-order valence-corrected chi connectivity index (χ3v) is 8.59. The summed E-state index contributed by atoms with van der Waals surface area (Å²) < 4.78 is 33.8. The number of nitro groups is 1. The molecular formula is C25H17Cl2N3O7S2. The van der Waals surface area contributed by atoms with Gasteiger partial charge in [-0.3, -0.25) is 19.6 Å². The molecule has 0 aliphatic carbocycles. The first-order valence-electron chi connectivity index (χ1n) is 10.9. The molecule has 0 aliphatic rings. The van der Waals surface area contributed by atoms with Crippen LogP contribution in [0.3, 0.4) is 0 Å². The summed E-state index contributed by atoms with van der Waals surface area (Å²) >= 11 is 12.8. The molecule has 2 N–H and O–H groups in total. The van der Waals surface area contributed by atoms with Crippen LogP contribution in [0.25, 0.3) is 0 Å². The SMILES string of the molecule is O=C(OC(C(=O)Nc1ccc([N+](=O)[O-])cc1Cl)c1ccccc1)c1ccccc1NS(=O)(=O)c1ccc(Cl)s1. The number of non-ortho nitro benzene ring substituents is 1. The molecule has 4 aromatic rings. The highest BCUT2D eigenvalue weighted by Gasteiger charge is 2.28. The molecule has 10 nitrogen and oxygen atoms in total. The summed E-state index contributed by atoms with van der Waals surface area (Å²) in [6.07, 6.45) is -1.48. The van der Waals surface area contributed by atoms with Crippen molar-refractivity contribution in [3.63, 3.8) is 0 Å². The number of nitrogens with one attached hydrogen (secondary N) is 2. The number of thiophene rings is 1. The largest absolute Gasteiger partial charge is 0.444 e. The number of hydrogen-bond acceptors (Lipinski definition) is 8. The standard InChI is InChI=1S/C25H17Cl2N3O7S2/c26-18-14-16(30(33)34)10-11-20(18)28-24(31)23(15-6-2-1-3-7-15)37-25(32)17-8-4-5-9-19(17)29-39(35,36)22-13-12-21(27)38-22/h1-14,23,29H,(H,28,31). The molecule has 0 saturated heterocycles. The number of carbonyl (C=O) groups is 2. The zero-order valence-corrected chi connectivity index (χ0v) is 22.7. The normalized spacial score (nSPS) is 11.8. The number of para-hydroxylation sites is 1. The molecule has 1 amide bonds. The fraction of sp³-hybridized carbons (Fsp3) is 0.0400. The van der Waals surface area contributed by atoms with Crippen molar-refractivity contribution in [1.29, 1.82) is 0 Å². The molecule has 0 fully saturated rings. The van der Waals surface area contributed by atoms with Gasteiger partial charge in [-0.05, 0) is 30.3 Å². The van der Waals surface area contributed by atoms with Gasteiger partial charge in [-0.2, -0.15) is 0 Å². The van der Waals surface area contributed by atoms with Crippen LogP contribution in [0.2, 0.25) is 9.36 Å². The number of nitrogens with zero attached hydrogens (tertiary/aromatic N) is 1. The summed E-state index contributed by atoms with van der Waals surface area (Å²) in [6.45, 7) is 0. The molecule has 0 spiro atoms. The molecule has 0 bridgehead atoms. The Morgan fingerprint density at radius 2 is 1.62 bits per heavy atom. The smallest absolute Gasteiger partial charge is 0.341 e. The van der Waals surface area contributed by atoms with Crippen molar-refractivity contribution < 1.29 is 27.7 Å². The summed E-state index contributed by atoms with van der Waals surface area (Å²) in [6, 6.07) is 20.1. The van der Waals surface area contributed by atoms with E-state index in [1.165, 1.54) is 42.5 Å². The van der Waals surface area contributed by atoms with Crippen molar-refractivity contribution in [2.24, 2.45) is 0 Å². The number of carbonyl (C=O) groups excluding carboxylic acids is 2. The van der Waals surface area contributed by atoms with Crippen LogP contribution in [0.1, 0.15) is 22.0 Å². The second-order valence-electron chi connectivity index (χ2n) is 7.82. The Balaban J connectivity index is 1.61. The molecule has 0 saturated carbocycles. The van der Waals surface area contributed by atoms with Crippen molar-refractivity contribution >= 4 is 73.5 Å². The van der Waals surface area contributed by atoms with Gasteiger partial charge in [-0.1, -0.05) is 65.7 Å². The maximum atomic E-state index is 13.3. The third kappa shape index (κ3) is 6.73. The van der Waals surface area contributed by atoms with Crippen molar-refractivity contribution in [2.45, 2.75) is 10.3 Å². The predicted molar refractivity (Wildman–Crippen MR) is 148 cm³/mol. The molecule has 39 heavy (non-hydrogen) atoms. The van der Waals surface area contributed by atoms with E-state index in [1.54, 1.807) is 30.3 Å². The Morgan fingerprint density at radius 3 is 2.26 bits per heavy atom. The van der Waals surface area contributed by atoms with Crippen LogP contribution in [-0.2, 0) is 19.6 Å². The van der Waals surface area contributed by atoms with Gasteiger partial charge in [0.1, 0.15) is 4.21 Å². The van der Waals surface area contributed by atoms with E-state index < -0.39 is 32.9 Å². The molecule has 200 valence electrons. The van der Waals surface area contributed by atoms with E-state index in [0.29, 0.717) is 5.56 Å². The molecule has 0 radical (unpaired) electrons. The van der Waals surface area contributed by atoms with E-state index in [0.717, 1.165) is 23.5 Å². The van der Waals surface area contributed by atoms with Gasteiger partial charge < -0.3 is 10.1 Å². The van der Waals surface area contributed by atoms with Gasteiger partial charge in [0.25, 0.3) is 21.6 Å². The van der Waals surface area contributed by atoms with Gasteiger partial charge in [0.2, 0.25) is 6.10 Å². The monoisotopic (exact) mass is 605 g/mol. The first kappa shape index (κ1) is 28.0. The highest BCUT2D eigenvalue weighted by Crippen LogP contribution is 2.31. The van der Waals surface area contributed by atoms with Crippen LogP contribution >= 0.6 is 34.5 Å². The number of halogens is 2. The zero-order valence-electron chi connectivity index (χ0n) is 19.5. The number of anilines is 2. The van der Waals surface area contributed by atoms with Crippen molar-refractivity contribution in [1.82, 2.24) is 0 Å². The summed E-state index contributed by atoms with van der Waals surface area (Å²) in [7, 11) is -4.07. The van der Waals surface area contributed by atoms with E-state index in [9.17, 15) is 28.1 Å². The van der Waals surface area contributed by atoms with Gasteiger partial charge in [-0.15, -0.1) is 11.3 Å². The van der Waals surface area contributed by atoms with Crippen LogP contribution in [0.4, 0.5) is 17.1 Å². The maximum Gasteiger partial charge on any atom is 0.341 e. The Morgan fingerprint density at radius 1 is 0.923 bits per heavy atom. The number of amides is 1. The van der Waals surface area contributed by atoms with E-state index in [2.05, 4.69) is 10.0 Å². The number of sulfonamides is 1. The Bertz CT molecular complexity index is 1660. The van der Waals surface area contributed by atoms with Crippen molar-refractivity contribution in [3.8, 4) is 0 Å². The molecule has 4 rings (SSSR count). The van der Waals surface area contributed by atoms with E-state index in [1.807, 2.05) is 0 Å². The van der Waals surface area contributed by atoms with Crippen LogP contribution in [0, 0.1) is 10.1 Å². The minimum absolute atomic E-state index is 0.0582. The minimum Gasteiger partial charge on any atom is -0.444 e. The number of nitro benzene ring substituents is 1. The topological polar surface area (TPSA) is 145 Å². The second-order valence-corrected chi connectivity index (χ2v) is 11.8. The van der Waals surface area contributed by atoms with Gasteiger partial charge in [0.15, 0.2) is 0 Å². The van der Waals surface area contributed by atoms with Gasteiger partial charge >= 0.3 is 5.97 Å². The number of ether oxygens (including phenoxy) is 1. The summed E-state index contributed by atoms with van der Waals surface area (Å²) in [5.41, 5.74) is -0.115. The van der Waals surface area contributed by atoms with E-state index >= 15 is 0 Å². The Hall–Kier alpha value is -3.97. The maximum absolute atomic E-state index is 13.3. The highest BCUT2D eigenvalue weighted by molar-refractivity contribution is 7.94. The Labute approximate surface area is 236 Å². The van der Waals surface area contributed by atoms with Gasteiger partial charge in [-0.25, -0.2) is 13.2 Å². The third-order valence-electron chi connectivity index (χ3n) is 5.19. The average molecular weight is 606 g/mol. The number of hydrogen-bond donors (Lipinski definition) is 2. The number of rotatable bonds is 9. The lowest BCUT2D eigenvalue weighted by atomic mass is 10.1. The molecule has 3 aromatic carbocycles. The summed E-state index contributed by atoms with van der Waals surface area (Å²) in [5, 5.41) is 13.4. The fourth-order valence-electron chi connectivity index (χ4n) is 3.38. The lowest BCUT2D eigenvalue weighted by molar-refractivity contribution is -0.384. The lowest BCUT2D eigenvalue weighted by Gasteiger charge is -2.19. The fourth-order valence-corrected chi connectivity index (χ4v) is 6.16. The second kappa shape index (κ2) is 11.8. The summed E-state index contributed by atoms with van der Waals surface area (Å²) in [5.74, 6) is -1.78. The van der Waals surface area contributed by atoms with E-state index in [4.69, 9.17) is 27.9 Å². The lowest BCUT2D eigenvalue weighted by Crippen LogP contribution is -2.26. The van der Waals surface area contributed by atoms with Crippen LogP contribution in [-0.4, -0.2) is 25.2 Å². The average Bonchev–Trinajstić information content (AvgIpc) is 3.36. The zero-order chi connectivity index (χ0) is 28.2. The summed E-state index contributed by atoms with van der Waals surface area (Å²) in [4.78, 5) is 36.9. The molecule has 1 aromatic heterocycles. The van der Waals surface area contributed by atoms with Crippen LogP contribution in [0.15, 0.2) is 89.1 Å². The first-order chi connectivity index (χ1) is 18.5. The molecule has 14 heteroatoms. The predicted octanol–water partition coefficient (Wildman–Crippen LogP) is 6.30. The highest BCUT2D eigenvalue weighted by atomic mass is 35.5. The molecule has 1 heterocycles. The molecule has 1 unspecified atom stereocenters. The minimum atomic E-state index is -4.07. The van der Waals surface area contributed by atoms with E-state index in [-0.39, 0.29) is 36.2 Å². The van der Waals surface area contributed by atoms with Crippen molar-refractivity contribution in [3.05, 3.63) is 116 Å².